The SMILES string of the molecule is Cc1nn([C@H]2CCS(=O)(=O)C2)c2nc(C3CC3)cc(C(=O)NCc3nc4ccccc4n3C)c12. The van der Waals surface area contributed by atoms with Gasteiger partial charge in [0, 0.05) is 18.7 Å². The summed E-state index contributed by atoms with van der Waals surface area (Å²) < 4.78 is 27.9. The Bertz CT molecular complexity index is 1560. The standard InChI is InChI=1S/C24H26N6O3S/c1-14-22-17(24(31)25-12-21-26-18-5-3-4-6-20(18)29(21)2)11-19(15-7-8-15)27-23(22)30(28-14)16-9-10-34(32,33)13-16/h3-6,11,15-16H,7-10,12-13H2,1-2H3,(H,25,31)/t16-/m0/s1. The van der Waals surface area contributed by atoms with Crippen LogP contribution in [0.25, 0.3) is 22.1 Å². The van der Waals surface area contributed by atoms with Crippen molar-refractivity contribution in [3.8, 4) is 0 Å². The molecule has 1 aromatic carbocycles. The van der Waals surface area contributed by atoms with Crippen molar-refractivity contribution in [3.05, 3.63) is 53.1 Å². The molecule has 1 saturated heterocycles. The molecule has 0 spiro atoms. The summed E-state index contributed by atoms with van der Waals surface area (Å²) in [5.74, 6) is 1.12. The molecule has 176 valence electrons. The molecular formula is C24H26N6O3S. The van der Waals surface area contributed by atoms with Crippen LogP contribution in [0, 0.1) is 6.92 Å². The first-order valence-electron chi connectivity index (χ1n) is 11.6. The van der Waals surface area contributed by atoms with E-state index in [-0.39, 0.29) is 23.5 Å². The van der Waals surface area contributed by atoms with Crippen LogP contribution in [-0.2, 0) is 23.4 Å². The highest BCUT2D eigenvalue weighted by Crippen LogP contribution is 2.41. The van der Waals surface area contributed by atoms with E-state index in [9.17, 15) is 13.2 Å². The average molecular weight is 479 g/mol. The lowest BCUT2D eigenvalue weighted by Gasteiger charge is -2.12. The van der Waals surface area contributed by atoms with E-state index in [4.69, 9.17) is 4.98 Å². The maximum absolute atomic E-state index is 13.4. The van der Waals surface area contributed by atoms with E-state index in [2.05, 4.69) is 15.4 Å². The van der Waals surface area contributed by atoms with Crippen LogP contribution in [0.4, 0.5) is 0 Å². The number of pyridine rings is 1. The maximum Gasteiger partial charge on any atom is 0.252 e. The van der Waals surface area contributed by atoms with Gasteiger partial charge in [-0.3, -0.25) is 4.79 Å². The highest BCUT2D eigenvalue weighted by molar-refractivity contribution is 7.91. The lowest BCUT2D eigenvalue weighted by atomic mass is 10.1. The number of imidazole rings is 1. The minimum Gasteiger partial charge on any atom is -0.345 e. The van der Waals surface area contributed by atoms with Crippen LogP contribution in [0.2, 0.25) is 0 Å². The lowest BCUT2D eigenvalue weighted by Crippen LogP contribution is -2.25. The molecule has 2 aliphatic rings. The molecule has 4 aromatic rings. The lowest BCUT2D eigenvalue weighted by molar-refractivity contribution is 0.0951. The van der Waals surface area contributed by atoms with E-state index in [1.165, 1.54) is 0 Å². The molecule has 6 rings (SSSR count). The van der Waals surface area contributed by atoms with Crippen LogP contribution in [0.5, 0.6) is 0 Å². The minimum atomic E-state index is -3.08. The molecule has 3 aromatic heterocycles. The van der Waals surface area contributed by atoms with E-state index in [1.807, 2.05) is 48.9 Å². The van der Waals surface area contributed by atoms with Crippen molar-refractivity contribution in [2.24, 2.45) is 7.05 Å². The molecule has 0 bridgehead atoms. The predicted octanol–water partition coefficient (Wildman–Crippen LogP) is 2.79. The van der Waals surface area contributed by atoms with E-state index in [1.54, 1.807) is 4.68 Å². The number of hydrogen-bond donors (Lipinski definition) is 1. The number of sulfone groups is 1. The summed E-state index contributed by atoms with van der Waals surface area (Å²) in [4.78, 5) is 22.9. The number of hydrogen-bond acceptors (Lipinski definition) is 6. The zero-order valence-electron chi connectivity index (χ0n) is 19.2. The zero-order valence-corrected chi connectivity index (χ0v) is 20.0. The number of amides is 1. The van der Waals surface area contributed by atoms with Gasteiger partial charge < -0.3 is 9.88 Å². The third-order valence-electron chi connectivity index (χ3n) is 6.94. The van der Waals surface area contributed by atoms with Crippen LogP contribution in [0.15, 0.2) is 30.3 Å². The second kappa shape index (κ2) is 7.63. The number of benzene rings is 1. The summed E-state index contributed by atoms with van der Waals surface area (Å²) in [6, 6.07) is 9.50. The third kappa shape index (κ3) is 3.56. The molecule has 2 fully saturated rings. The Kier molecular flexibility index (Phi) is 4.77. The summed E-state index contributed by atoms with van der Waals surface area (Å²) in [5, 5.41) is 8.38. The largest absolute Gasteiger partial charge is 0.345 e. The van der Waals surface area contributed by atoms with Crippen molar-refractivity contribution < 1.29 is 13.2 Å². The van der Waals surface area contributed by atoms with Gasteiger partial charge >= 0.3 is 0 Å². The number of carbonyl (C=O) groups is 1. The molecule has 1 N–H and O–H groups in total. The van der Waals surface area contributed by atoms with Crippen molar-refractivity contribution in [3.63, 3.8) is 0 Å². The summed E-state index contributed by atoms with van der Waals surface area (Å²) in [6.07, 6.45) is 2.61. The fourth-order valence-electron chi connectivity index (χ4n) is 4.93. The van der Waals surface area contributed by atoms with Crippen molar-refractivity contribution in [2.45, 2.75) is 44.7 Å². The molecule has 34 heavy (non-hydrogen) atoms. The molecular weight excluding hydrogens is 452 g/mol. The number of para-hydroxylation sites is 2. The van der Waals surface area contributed by atoms with Gasteiger partial charge in [0.25, 0.3) is 5.91 Å². The molecule has 1 amide bonds. The number of fused-ring (bicyclic) bond motifs is 2. The molecule has 0 radical (unpaired) electrons. The number of rotatable bonds is 5. The molecule has 1 atom stereocenters. The number of nitrogens with zero attached hydrogens (tertiary/aromatic N) is 5. The smallest absolute Gasteiger partial charge is 0.252 e. The van der Waals surface area contributed by atoms with Crippen LogP contribution < -0.4 is 5.32 Å². The van der Waals surface area contributed by atoms with E-state index >= 15 is 0 Å². The average Bonchev–Trinajstić information content (AvgIpc) is 3.44. The van der Waals surface area contributed by atoms with Gasteiger partial charge in [-0.25, -0.2) is 23.1 Å². The molecule has 10 heteroatoms. The van der Waals surface area contributed by atoms with Gasteiger partial charge in [0.2, 0.25) is 0 Å². The first kappa shape index (κ1) is 21.3. The molecule has 9 nitrogen and oxygen atoms in total. The van der Waals surface area contributed by atoms with E-state index < -0.39 is 9.84 Å². The Balaban J connectivity index is 1.37. The maximum atomic E-state index is 13.4. The summed E-state index contributed by atoms with van der Waals surface area (Å²) in [7, 11) is -1.13. The Hall–Kier alpha value is -3.27. The van der Waals surface area contributed by atoms with Gasteiger partial charge in [0.1, 0.15) is 5.82 Å². The summed E-state index contributed by atoms with van der Waals surface area (Å²) in [6.45, 7) is 2.14. The Morgan fingerprint density at radius 3 is 2.68 bits per heavy atom. The minimum absolute atomic E-state index is 0.0623. The molecule has 4 heterocycles. The number of nitrogens with one attached hydrogen (secondary N) is 1. The van der Waals surface area contributed by atoms with Crippen molar-refractivity contribution in [2.75, 3.05) is 11.5 Å². The first-order chi connectivity index (χ1) is 16.3. The summed E-state index contributed by atoms with van der Waals surface area (Å²) >= 11 is 0. The van der Waals surface area contributed by atoms with Gasteiger partial charge in [-0.2, -0.15) is 5.10 Å². The normalized spacial score (nSPS) is 19.8. The van der Waals surface area contributed by atoms with Gasteiger partial charge in [-0.05, 0) is 44.4 Å². The number of carbonyl (C=O) groups excluding carboxylic acids is 1. The van der Waals surface area contributed by atoms with Gasteiger partial charge in [-0.1, -0.05) is 12.1 Å². The first-order valence-corrected chi connectivity index (χ1v) is 13.4. The highest BCUT2D eigenvalue weighted by Gasteiger charge is 2.34. The third-order valence-corrected chi connectivity index (χ3v) is 8.69. The van der Waals surface area contributed by atoms with Gasteiger partial charge in [0.05, 0.1) is 51.8 Å². The van der Waals surface area contributed by atoms with E-state index in [0.29, 0.717) is 41.2 Å². The zero-order chi connectivity index (χ0) is 23.6. The van der Waals surface area contributed by atoms with Crippen LogP contribution in [0.3, 0.4) is 0 Å². The van der Waals surface area contributed by atoms with Crippen molar-refractivity contribution in [1.82, 2.24) is 29.6 Å². The second-order valence-electron chi connectivity index (χ2n) is 9.41. The van der Waals surface area contributed by atoms with Crippen LogP contribution in [0.1, 0.15) is 58.8 Å². The quantitative estimate of drug-likeness (QED) is 0.472. The Labute approximate surface area is 197 Å². The van der Waals surface area contributed by atoms with Crippen LogP contribution >= 0.6 is 0 Å². The van der Waals surface area contributed by atoms with E-state index in [0.717, 1.165) is 35.4 Å². The molecule has 1 aliphatic heterocycles. The number of aryl methyl sites for hydroxylation is 2. The number of aromatic nitrogens is 5. The monoisotopic (exact) mass is 478 g/mol. The van der Waals surface area contributed by atoms with Crippen molar-refractivity contribution >= 4 is 37.8 Å². The fourth-order valence-corrected chi connectivity index (χ4v) is 6.62. The molecule has 1 aliphatic carbocycles. The van der Waals surface area contributed by atoms with Gasteiger partial charge in [-0.15, -0.1) is 0 Å². The molecule has 0 unspecified atom stereocenters. The fraction of sp³-hybridized carbons (Fsp3) is 0.417. The topological polar surface area (TPSA) is 112 Å². The van der Waals surface area contributed by atoms with Crippen LogP contribution in [-0.4, -0.2) is 50.1 Å². The Morgan fingerprint density at radius 2 is 1.97 bits per heavy atom. The van der Waals surface area contributed by atoms with Crippen molar-refractivity contribution in [1.29, 1.82) is 0 Å². The second-order valence-corrected chi connectivity index (χ2v) is 11.6. The molecule has 1 saturated carbocycles. The summed E-state index contributed by atoms with van der Waals surface area (Å²) in [5.41, 5.74) is 4.61. The Morgan fingerprint density at radius 1 is 1.18 bits per heavy atom. The van der Waals surface area contributed by atoms with Gasteiger partial charge in [0.15, 0.2) is 15.5 Å². The predicted molar refractivity (Wildman–Crippen MR) is 128 cm³/mol. The highest BCUT2D eigenvalue weighted by atomic mass is 32.2.